The summed E-state index contributed by atoms with van der Waals surface area (Å²) < 4.78 is 13.8. The predicted molar refractivity (Wildman–Crippen MR) is 73.7 cm³/mol. The van der Waals surface area contributed by atoms with Crippen molar-refractivity contribution in [3.05, 3.63) is 34.6 Å². The molecule has 0 aromatic heterocycles. The van der Waals surface area contributed by atoms with Gasteiger partial charge in [-0.05, 0) is 44.4 Å². The maximum atomic E-state index is 13.8. The normalized spacial score (nSPS) is 21.3. The summed E-state index contributed by atoms with van der Waals surface area (Å²) in [6, 6.07) is 4.01. The maximum Gasteiger partial charge on any atom is 0.257 e. The van der Waals surface area contributed by atoms with E-state index in [0.29, 0.717) is 6.54 Å². The Morgan fingerprint density at radius 3 is 2.89 bits per heavy atom. The van der Waals surface area contributed by atoms with E-state index in [1.54, 1.807) is 4.90 Å². The van der Waals surface area contributed by atoms with Crippen molar-refractivity contribution in [1.29, 1.82) is 0 Å². The number of amides is 1. The van der Waals surface area contributed by atoms with Crippen LogP contribution in [-0.4, -0.2) is 29.4 Å². The van der Waals surface area contributed by atoms with Crippen LogP contribution < -0.4 is 5.73 Å². The Morgan fingerprint density at radius 2 is 2.26 bits per heavy atom. The van der Waals surface area contributed by atoms with Gasteiger partial charge in [-0.3, -0.25) is 4.79 Å². The number of rotatable bonds is 2. The second-order valence-corrected chi connectivity index (χ2v) is 5.48. The molecule has 0 unspecified atom stereocenters. The molecule has 0 aliphatic carbocycles. The highest BCUT2D eigenvalue weighted by Gasteiger charge is 2.30. The zero-order valence-electron chi connectivity index (χ0n) is 10.9. The van der Waals surface area contributed by atoms with Crippen LogP contribution in [0.25, 0.3) is 0 Å². The summed E-state index contributed by atoms with van der Waals surface area (Å²) in [7, 11) is 0. The summed E-state index contributed by atoms with van der Waals surface area (Å²) in [5.74, 6) is -0.873. The summed E-state index contributed by atoms with van der Waals surface area (Å²) >= 11 is 5.70. The Hall–Kier alpha value is -1.13. The highest BCUT2D eigenvalue weighted by Crippen LogP contribution is 2.23. The first kappa shape index (κ1) is 14.3. The van der Waals surface area contributed by atoms with E-state index in [0.717, 1.165) is 19.3 Å². The third kappa shape index (κ3) is 3.07. The zero-order chi connectivity index (χ0) is 14.0. The zero-order valence-corrected chi connectivity index (χ0v) is 11.7. The van der Waals surface area contributed by atoms with Gasteiger partial charge in [-0.1, -0.05) is 11.6 Å². The van der Waals surface area contributed by atoms with Gasteiger partial charge in [0.05, 0.1) is 5.56 Å². The number of hydrogen-bond acceptors (Lipinski definition) is 2. The molecule has 0 radical (unpaired) electrons. The van der Waals surface area contributed by atoms with Crippen LogP contribution in [0.1, 0.15) is 36.5 Å². The Kier molecular flexibility index (Phi) is 4.42. The second-order valence-electron chi connectivity index (χ2n) is 5.04. The molecular formula is C14H18ClFN2O. The van der Waals surface area contributed by atoms with E-state index >= 15 is 0 Å². The summed E-state index contributed by atoms with van der Waals surface area (Å²) in [6.07, 6.45) is 2.86. The standard InChI is InChI=1S/C14H18ClFN2O/c1-9(17)13-4-2-3-7-18(13)14(19)11-6-5-10(15)8-12(11)16/h5-6,8-9,13H,2-4,7,17H2,1H3/t9-,13+/m0/s1. The van der Waals surface area contributed by atoms with Gasteiger partial charge in [0.15, 0.2) is 0 Å². The summed E-state index contributed by atoms with van der Waals surface area (Å²) in [5, 5.41) is 0.288. The van der Waals surface area contributed by atoms with Gasteiger partial charge < -0.3 is 10.6 Å². The second kappa shape index (κ2) is 5.88. The number of benzene rings is 1. The third-order valence-electron chi connectivity index (χ3n) is 3.58. The number of carbonyl (C=O) groups is 1. The minimum atomic E-state index is -0.577. The van der Waals surface area contributed by atoms with E-state index in [9.17, 15) is 9.18 Å². The first-order chi connectivity index (χ1) is 9.00. The Balaban J connectivity index is 2.26. The molecule has 1 aliphatic heterocycles. The van der Waals surface area contributed by atoms with E-state index in [1.807, 2.05) is 6.92 Å². The van der Waals surface area contributed by atoms with Crippen LogP contribution in [0.5, 0.6) is 0 Å². The highest BCUT2D eigenvalue weighted by atomic mass is 35.5. The summed E-state index contributed by atoms with van der Waals surface area (Å²) in [6.45, 7) is 2.52. The van der Waals surface area contributed by atoms with Crippen LogP contribution in [0.15, 0.2) is 18.2 Å². The van der Waals surface area contributed by atoms with Crippen LogP contribution in [0.4, 0.5) is 4.39 Å². The molecule has 5 heteroatoms. The minimum Gasteiger partial charge on any atom is -0.334 e. The lowest BCUT2D eigenvalue weighted by Gasteiger charge is -2.38. The number of halogens is 2. The van der Waals surface area contributed by atoms with Crippen molar-refractivity contribution in [2.24, 2.45) is 5.73 Å². The average Bonchev–Trinajstić information content (AvgIpc) is 2.38. The fraction of sp³-hybridized carbons (Fsp3) is 0.500. The molecule has 1 aromatic carbocycles. The van der Waals surface area contributed by atoms with E-state index in [4.69, 9.17) is 17.3 Å². The van der Waals surface area contributed by atoms with Crippen molar-refractivity contribution >= 4 is 17.5 Å². The number of hydrogen-bond donors (Lipinski definition) is 1. The summed E-state index contributed by atoms with van der Waals surface area (Å²) in [4.78, 5) is 14.1. The van der Waals surface area contributed by atoms with E-state index < -0.39 is 5.82 Å². The maximum absolute atomic E-state index is 13.8. The van der Waals surface area contributed by atoms with Gasteiger partial charge in [0.1, 0.15) is 5.82 Å². The lowest BCUT2D eigenvalue weighted by Crippen LogP contribution is -2.51. The summed E-state index contributed by atoms with van der Waals surface area (Å²) in [5.41, 5.74) is 5.99. The molecule has 1 saturated heterocycles. The quantitative estimate of drug-likeness (QED) is 0.908. The molecule has 3 nitrogen and oxygen atoms in total. The van der Waals surface area contributed by atoms with Gasteiger partial charge in [-0.2, -0.15) is 0 Å². The monoisotopic (exact) mass is 284 g/mol. The average molecular weight is 285 g/mol. The number of nitrogens with zero attached hydrogens (tertiary/aromatic N) is 1. The van der Waals surface area contributed by atoms with Crippen molar-refractivity contribution in [1.82, 2.24) is 4.90 Å². The molecule has 0 saturated carbocycles. The van der Waals surface area contributed by atoms with E-state index in [2.05, 4.69) is 0 Å². The van der Waals surface area contributed by atoms with Gasteiger partial charge in [-0.25, -0.2) is 4.39 Å². The van der Waals surface area contributed by atoms with Crippen LogP contribution in [0, 0.1) is 5.82 Å². The van der Waals surface area contributed by atoms with E-state index in [1.165, 1.54) is 18.2 Å². The molecule has 0 spiro atoms. The Labute approximate surface area is 117 Å². The van der Waals surface area contributed by atoms with Gasteiger partial charge in [0, 0.05) is 23.7 Å². The molecular weight excluding hydrogens is 267 g/mol. The van der Waals surface area contributed by atoms with Crippen molar-refractivity contribution in [2.75, 3.05) is 6.54 Å². The van der Waals surface area contributed by atoms with Gasteiger partial charge in [0.25, 0.3) is 5.91 Å². The first-order valence-corrected chi connectivity index (χ1v) is 6.90. The van der Waals surface area contributed by atoms with Crippen LogP contribution in [0.2, 0.25) is 5.02 Å². The Bertz CT molecular complexity index is 479. The minimum absolute atomic E-state index is 0.0173. The molecule has 1 fully saturated rings. The number of piperidine rings is 1. The van der Waals surface area contributed by atoms with Crippen LogP contribution in [0.3, 0.4) is 0 Å². The number of likely N-dealkylation sites (tertiary alicyclic amines) is 1. The van der Waals surface area contributed by atoms with Crippen molar-refractivity contribution in [2.45, 2.75) is 38.3 Å². The van der Waals surface area contributed by atoms with Crippen molar-refractivity contribution in [3.63, 3.8) is 0 Å². The predicted octanol–water partition coefficient (Wildman–Crippen LogP) is 2.82. The van der Waals surface area contributed by atoms with Gasteiger partial charge in [-0.15, -0.1) is 0 Å². The molecule has 1 amide bonds. The van der Waals surface area contributed by atoms with Crippen LogP contribution in [-0.2, 0) is 0 Å². The largest absolute Gasteiger partial charge is 0.334 e. The molecule has 1 heterocycles. The number of carbonyl (C=O) groups excluding carboxylic acids is 1. The molecule has 0 bridgehead atoms. The van der Waals surface area contributed by atoms with Crippen LogP contribution >= 0.6 is 11.6 Å². The fourth-order valence-electron chi connectivity index (χ4n) is 2.57. The lowest BCUT2D eigenvalue weighted by molar-refractivity contribution is 0.0579. The molecule has 2 rings (SSSR count). The van der Waals surface area contributed by atoms with E-state index in [-0.39, 0.29) is 28.6 Å². The van der Waals surface area contributed by atoms with Crippen molar-refractivity contribution in [3.8, 4) is 0 Å². The van der Waals surface area contributed by atoms with Crippen molar-refractivity contribution < 1.29 is 9.18 Å². The molecule has 2 N–H and O–H groups in total. The highest BCUT2D eigenvalue weighted by molar-refractivity contribution is 6.30. The van der Waals surface area contributed by atoms with Gasteiger partial charge >= 0.3 is 0 Å². The molecule has 1 aromatic rings. The molecule has 1 aliphatic rings. The van der Waals surface area contributed by atoms with Gasteiger partial charge in [0.2, 0.25) is 0 Å². The molecule has 104 valence electrons. The number of nitrogens with two attached hydrogens (primary N) is 1. The molecule has 2 atom stereocenters. The topological polar surface area (TPSA) is 46.3 Å². The third-order valence-corrected chi connectivity index (χ3v) is 3.81. The fourth-order valence-corrected chi connectivity index (χ4v) is 2.73. The SMILES string of the molecule is C[C@H](N)[C@H]1CCCCN1C(=O)c1ccc(Cl)cc1F. The smallest absolute Gasteiger partial charge is 0.257 e. The first-order valence-electron chi connectivity index (χ1n) is 6.52. The molecule has 19 heavy (non-hydrogen) atoms. The Morgan fingerprint density at radius 1 is 1.53 bits per heavy atom. The lowest BCUT2D eigenvalue weighted by atomic mass is 9.96.